The molecule has 1 fully saturated rings. The average molecular weight is 340 g/mol. The number of amides is 3. The molecule has 0 spiro atoms. The number of fused-ring (bicyclic) bond motifs is 1. The molecule has 0 aromatic carbocycles. The van der Waals surface area contributed by atoms with Gasteiger partial charge in [-0.3, -0.25) is 14.5 Å². The van der Waals surface area contributed by atoms with Crippen LogP contribution in [-0.4, -0.2) is 39.3 Å². The number of nitriles is 1. The SMILES string of the molecule is CC1(C)NC(=O)N(CC(=O)OCc2cn3ccccc3c2C#N)C1=O. The second kappa shape index (κ2) is 5.94. The normalized spacial score (nSPS) is 16.0. The zero-order valence-electron chi connectivity index (χ0n) is 13.8. The maximum atomic E-state index is 12.1. The Bertz CT molecular complexity index is 922. The maximum absolute atomic E-state index is 12.1. The highest BCUT2D eigenvalue weighted by molar-refractivity contribution is 6.08. The Labute approximate surface area is 143 Å². The minimum absolute atomic E-state index is 0.115. The van der Waals surface area contributed by atoms with Crippen molar-refractivity contribution < 1.29 is 19.1 Å². The Balaban J connectivity index is 1.69. The molecular formula is C17H16N4O4. The molecule has 0 aliphatic carbocycles. The molecule has 3 rings (SSSR count). The number of nitrogens with one attached hydrogen (secondary N) is 1. The number of rotatable bonds is 4. The highest BCUT2D eigenvalue weighted by Crippen LogP contribution is 2.19. The largest absolute Gasteiger partial charge is 0.459 e. The topological polar surface area (TPSA) is 104 Å². The van der Waals surface area contributed by atoms with E-state index in [1.165, 1.54) is 0 Å². The van der Waals surface area contributed by atoms with Crippen LogP contribution in [0, 0.1) is 11.3 Å². The van der Waals surface area contributed by atoms with Crippen LogP contribution in [-0.2, 0) is 20.9 Å². The summed E-state index contributed by atoms with van der Waals surface area (Å²) in [5.74, 6) is -1.21. The van der Waals surface area contributed by atoms with Crippen molar-refractivity contribution in [2.45, 2.75) is 26.0 Å². The lowest BCUT2D eigenvalue weighted by atomic mass is 10.1. The second-order valence-corrected chi connectivity index (χ2v) is 6.24. The van der Waals surface area contributed by atoms with Gasteiger partial charge in [-0.25, -0.2) is 4.79 Å². The molecule has 0 atom stereocenters. The van der Waals surface area contributed by atoms with Gasteiger partial charge in [0.1, 0.15) is 24.8 Å². The number of carbonyl (C=O) groups is 3. The van der Waals surface area contributed by atoms with E-state index in [2.05, 4.69) is 11.4 Å². The number of hydrogen-bond donors (Lipinski definition) is 1. The molecule has 0 saturated carbocycles. The van der Waals surface area contributed by atoms with Crippen LogP contribution in [0.2, 0.25) is 0 Å². The molecule has 0 radical (unpaired) electrons. The molecule has 2 aromatic rings. The molecule has 25 heavy (non-hydrogen) atoms. The summed E-state index contributed by atoms with van der Waals surface area (Å²) in [6.07, 6.45) is 3.49. The fraction of sp³-hybridized carbons (Fsp3) is 0.294. The van der Waals surface area contributed by atoms with E-state index in [0.717, 1.165) is 4.90 Å². The third kappa shape index (κ3) is 2.92. The third-order valence-corrected chi connectivity index (χ3v) is 3.99. The van der Waals surface area contributed by atoms with Gasteiger partial charge in [-0.15, -0.1) is 0 Å². The van der Waals surface area contributed by atoms with E-state index >= 15 is 0 Å². The minimum Gasteiger partial charge on any atom is -0.459 e. The van der Waals surface area contributed by atoms with Gasteiger partial charge in [-0.1, -0.05) is 6.07 Å². The summed E-state index contributed by atoms with van der Waals surface area (Å²) >= 11 is 0. The van der Waals surface area contributed by atoms with Gasteiger partial charge in [0.15, 0.2) is 0 Å². The first-order valence-corrected chi connectivity index (χ1v) is 7.62. The Morgan fingerprint density at radius 3 is 2.76 bits per heavy atom. The molecule has 1 aliphatic rings. The zero-order chi connectivity index (χ0) is 18.2. The summed E-state index contributed by atoms with van der Waals surface area (Å²) in [5, 5.41) is 11.8. The summed E-state index contributed by atoms with van der Waals surface area (Å²) in [4.78, 5) is 36.6. The monoisotopic (exact) mass is 340 g/mol. The maximum Gasteiger partial charge on any atom is 0.326 e. The third-order valence-electron chi connectivity index (χ3n) is 3.99. The van der Waals surface area contributed by atoms with Crippen molar-refractivity contribution in [3.63, 3.8) is 0 Å². The van der Waals surface area contributed by atoms with E-state index in [0.29, 0.717) is 16.6 Å². The summed E-state index contributed by atoms with van der Waals surface area (Å²) in [6.45, 7) is 2.54. The Morgan fingerprint density at radius 1 is 1.36 bits per heavy atom. The van der Waals surface area contributed by atoms with E-state index in [1.807, 2.05) is 12.1 Å². The van der Waals surface area contributed by atoms with Crippen LogP contribution in [0.25, 0.3) is 5.52 Å². The number of esters is 1. The zero-order valence-corrected chi connectivity index (χ0v) is 13.8. The number of urea groups is 1. The van der Waals surface area contributed by atoms with Gasteiger partial charge >= 0.3 is 12.0 Å². The first-order valence-electron chi connectivity index (χ1n) is 7.62. The summed E-state index contributed by atoms with van der Waals surface area (Å²) in [7, 11) is 0. The van der Waals surface area contributed by atoms with Gasteiger partial charge in [0.2, 0.25) is 0 Å². The number of aromatic nitrogens is 1. The van der Waals surface area contributed by atoms with Crippen LogP contribution in [0.1, 0.15) is 25.0 Å². The number of hydrogen-bond acceptors (Lipinski definition) is 5. The van der Waals surface area contributed by atoms with E-state index in [4.69, 9.17) is 4.74 Å². The predicted molar refractivity (Wildman–Crippen MR) is 86.2 cm³/mol. The van der Waals surface area contributed by atoms with Crippen LogP contribution in [0.3, 0.4) is 0 Å². The Morgan fingerprint density at radius 2 is 2.12 bits per heavy atom. The molecule has 0 unspecified atom stereocenters. The van der Waals surface area contributed by atoms with Crippen LogP contribution >= 0.6 is 0 Å². The van der Waals surface area contributed by atoms with Crippen molar-refractivity contribution in [1.29, 1.82) is 5.26 Å². The number of carbonyl (C=O) groups excluding carboxylic acids is 3. The molecular weight excluding hydrogens is 324 g/mol. The van der Waals surface area contributed by atoms with Crippen LogP contribution < -0.4 is 5.32 Å². The van der Waals surface area contributed by atoms with Crippen molar-refractivity contribution in [3.8, 4) is 6.07 Å². The smallest absolute Gasteiger partial charge is 0.326 e. The van der Waals surface area contributed by atoms with Gasteiger partial charge in [0.05, 0.1) is 11.1 Å². The Hall–Kier alpha value is -3.34. The lowest BCUT2D eigenvalue weighted by molar-refractivity contribution is -0.148. The van der Waals surface area contributed by atoms with Gasteiger partial charge in [-0.05, 0) is 26.0 Å². The fourth-order valence-corrected chi connectivity index (χ4v) is 2.71. The van der Waals surface area contributed by atoms with Gasteiger partial charge in [0, 0.05) is 18.0 Å². The predicted octanol–water partition coefficient (Wildman–Crippen LogP) is 1.18. The number of imide groups is 1. The van der Waals surface area contributed by atoms with E-state index in [9.17, 15) is 19.6 Å². The minimum atomic E-state index is -1.04. The van der Waals surface area contributed by atoms with Crippen LogP contribution in [0.15, 0.2) is 30.6 Å². The molecule has 8 heteroatoms. The summed E-state index contributed by atoms with van der Waals surface area (Å²) < 4.78 is 6.92. The van der Waals surface area contributed by atoms with Gasteiger partial charge < -0.3 is 14.5 Å². The van der Waals surface area contributed by atoms with E-state index in [1.54, 1.807) is 36.7 Å². The molecule has 0 bridgehead atoms. The van der Waals surface area contributed by atoms with Crippen LogP contribution in [0.5, 0.6) is 0 Å². The first kappa shape index (κ1) is 16.5. The van der Waals surface area contributed by atoms with Gasteiger partial charge in [0.25, 0.3) is 5.91 Å². The molecule has 2 aromatic heterocycles. The summed E-state index contributed by atoms with van der Waals surface area (Å²) in [6, 6.07) is 6.90. The molecule has 128 valence electrons. The summed E-state index contributed by atoms with van der Waals surface area (Å²) in [5.41, 5.74) is 0.654. The van der Waals surface area contributed by atoms with Crippen LogP contribution in [0.4, 0.5) is 4.79 Å². The van der Waals surface area contributed by atoms with Crippen molar-refractivity contribution in [2.75, 3.05) is 6.54 Å². The number of nitrogens with zero attached hydrogens (tertiary/aromatic N) is 3. The average Bonchev–Trinajstić information content (AvgIpc) is 3.02. The van der Waals surface area contributed by atoms with Crippen molar-refractivity contribution in [2.24, 2.45) is 0 Å². The van der Waals surface area contributed by atoms with E-state index in [-0.39, 0.29) is 6.61 Å². The fourth-order valence-electron chi connectivity index (χ4n) is 2.71. The molecule has 8 nitrogen and oxygen atoms in total. The van der Waals surface area contributed by atoms with Gasteiger partial charge in [-0.2, -0.15) is 5.26 Å². The molecule has 1 aliphatic heterocycles. The highest BCUT2D eigenvalue weighted by atomic mass is 16.5. The lowest BCUT2D eigenvalue weighted by Crippen LogP contribution is -2.41. The molecule has 1 N–H and O–H groups in total. The molecule has 3 amide bonds. The standard InChI is InChI=1S/C17H16N4O4/c1-17(2)15(23)21(16(24)19-17)9-14(22)25-10-11-8-20-6-4-3-5-13(20)12(11)7-18/h3-6,8H,9-10H2,1-2H3,(H,19,24). The lowest BCUT2D eigenvalue weighted by Gasteiger charge is -2.15. The molecule has 1 saturated heterocycles. The van der Waals surface area contributed by atoms with Crippen molar-refractivity contribution >= 4 is 23.4 Å². The van der Waals surface area contributed by atoms with Crippen molar-refractivity contribution in [1.82, 2.24) is 14.6 Å². The number of ether oxygens (including phenoxy) is 1. The Kier molecular flexibility index (Phi) is 3.93. The number of pyridine rings is 1. The quantitative estimate of drug-likeness (QED) is 0.665. The first-order chi connectivity index (χ1) is 11.8. The second-order valence-electron chi connectivity index (χ2n) is 6.24. The highest BCUT2D eigenvalue weighted by Gasteiger charge is 2.45. The van der Waals surface area contributed by atoms with Crippen molar-refractivity contribution in [3.05, 3.63) is 41.7 Å². The molecule has 3 heterocycles. The van der Waals surface area contributed by atoms with E-state index < -0.39 is 30.0 Å².